The normalized spacial score (nSPS) is 12.2. The largest absolute Gasteiger partial charge is 0.351 e. The topological polar surface area (TPSA) is 29.1 Å². The molecule has 1 atom stereocenters. The highest BCUT2D eigenvalue weighted by Gasteiger charge is 2.12. The van der Waals surface area contributed by atoms with E-state index in [4.69, 9.17) is 11.6 Å². The smallest absolute Gasteiger partial charge is 0.254 e. The minimum atomic E-state index is -0.604. The van der Waals surface area contributed by atoms with Gasteiger partial charge >= 0.3 is 0 Å². The van der Waals surface area contributed by atoms with Gasteiger partial charge < -0.3 is 5.32 Å². The van der Waals surface area contributed by atoms with E-state index < -0.39 is 11.7 Å². The molecule has 1 aromatic carbocycles. The lowest BCUT2D eigenvalue weighted by molar-refractivity contribution is 0.0950. The first-order valence-corrected chi connectivity index (χ1v) is 6.21. The average Bonchev–Trinajstić information content (AvgIpc) is 2.25. The Labute approximate surface area is 107 Å². The lowest BCUT2D eigenvalue weighted by Crippen LogP contribution is -2.29. The van der Waals surface area contributed by atoms with Crippen LogP contribution in [0.2, 0.25) is 5.02 Å². The molecular formula is C11H12BrClFNO. The van der Waals surface area contributed by atoms with Crippen molar-refractivity contribution in [3.05, 3.63) is 34.6 Å². The van der Waals surface area contributed by atoms with Crippen LogP contribution >= 0.6 is 27.5 Å². The number of amides is 1. The van der Waals surface area contributed by atoms with Crippen LogP contribution in [0, 0.1) is 5.82 Å². The molecule has 88 valence electrons. The Kier molecular flexibility index (Phi) is 5.22. The third kappa shape index (κ3) is 3.76. The third-order valence-electron chi connectivity index (χ3n) is 2.10. The van der Waals surface area contributed by atoms with E-state index in [9.17, 15) is 9.18 Å². The summed E-state index contributed by atoms with van der Waals surface area (Å²) in [4.78, 5) is 11.8. The molecule has 1 N–H and O–H groups in total. The summed E-state index contributed by atoms with van der Waals surface area (Å²) in [6.07, 6.45) is 0.892. The van der Waals surface area contributed by atoms with E-state index in [1.54, 1.807) is 0 Å². The zero-order chi connectivity index (χ0) is 12.1. The van der Waals surface area contributed by atoms with Crippen molar-refractivity contribution in [2.24, 2.45) is 0 Å². The Morgan fingerprint density at radius 1 is 1.62 bits per heavy atom. The van der Waals surface area contributed by atoms with Gasteiger partial charge in [-0.1, -0.05) is 34.5 Å². The van der Waals surface area contributed by atoms with Crippen LogP contribution in [0.3, 0.4) is 0 Å². The monoisotopic (exact) mass is 307 g/mol. The van der Waals surface area contributed by atoms with E-state index in [1.807, 2.05) is 6.92 Å². The first-order chi connectivity index (χ1) is 7.54. The fraction of sp³-hybridized carbons (Fsp3) is 0.364. The molecule has 0 fully saturated rings. The fourth-order valence-corrected chi connectivity index (χ4v) is 1.44. The average molecular weight is 309 g/mol. The van der Waals surface area contributed by atoms with Crippen LogP contribution < -0.4 is 5.32 Å². The Morgan fingerprint density at radius 3 is 2.88 bits per heavy atom. The number of hydrogen-bond donors (Lipinski definition) is 1. The second-order valence-corrected chi connectivity index (χ2v) is 5.07. The number of hydrogen-bond acceptors (Lipinski definition) is 1. The molecule has 0 aliphatic rings. The van der Waals surface area contributed by atoms with Gasteiger partial charge in [-0.15, -0.1) is 0 Å². The Morgan fingerprint density at radius 2 is 2.31 bits per heavy atom. The predicted molar refractivity (Wildman–Crippen MR) is 66.7 cm³/mol. The molecule has 0 spiro atoms. The second kappa shape index (κ2) is 6.21. The highest BCUT2D eigenvalue weighted by molar-refractivity contribution is 9.09. The molecule has 0 aliphatic heterocycles. The van der Waals surface area contributed by atoms with Crippen LogP contribution in [0.5, 0.6) is 0 Å². The Hall–Kier alpha value is -0.610. The van der Waals surface area contributed by atoms with Gasteiger partial charge in [-0.25, -0.2) is 4.39 Å². The molecule has 0 bridgehead atoms. The molecule has 0 saturated carbocycles. The van der Waals surface area contributed by atoms with Crippen LogP contribution in [0.4, 0.5) is 4.39 Å². The molecule has 0 saturated heterocycles. The van der Waals surface area contributed by atoms with Gasteiger partial charge in [0.25, 0.3) is 5.91 Å². The first-order valence-electron chi connectivity index (χ1n) is 4.92. The van der Waals surface area contributed by atoms with Crippen molar-refractivity contribution in [2.75, 3.05) is 6.54 Å². The van der Waals surface area contributed by atoms with Gasteiger partial charge in [0, 0.05) is 16.4 Å². The maximum absolute atomic E-state index is 13.4. The minimum Gasteiger partial charge on any atom is -0.351 e. The van der Waals surface area contributed by atoms with Gasteiger partial charge in [0.15, 0.2) is 0 Å². The number of nitrogens with one attached hydrogen (secondary N) is 1. The molecule has 5 heteroatoms. The molecule has 0 aliphatic carbocycles. The molecule has 0 aromatic heterocycles. The summed E-state index contributed by atoms with van der Waals surface area (Å²) >= 11 is 8.97. The highest BCUT2D eigenvalue weighted by atomic mass is 79.9. The summed E-state index contributed by atoms with van der Waals surface area (Å²) in [6, 6.07) is 4.00. The fourth-order valence-electron chi connectivity index (χ4n) is 1.12. The molecule has 1 amide bonds. The minimum absolute atomic E-state index is 0.0141. The van der Waals surface area contributed by atoms with Crippen LogP contribution in [0.25, 0.3) is 0 Å². The van der Waals surface area contributed by atoms with Gasteiger partial charge in [-0.3, -0.25) is 4.79 Å². The summed E-state index contributed by atoms with van der Waals surface area (Å²) in [7, 11) is 0. The molecular weight excluding hydrogens is 296 g/mol. The number of rotatable bonds is 4. The SMILES string of the molecule is CCC(Br)CNC(=O)c1ccc(Cl)cc1F. The number of halogens is 3. The van der Waals surface area contributed by atoms with Gasteiger partial charge in [-0.2, -0.15) is 0 Å². The van der Waals surface area contributed by atoms with E-state index in [0.717, 1.165) is 12.5 Å². The maximum atomic E-state index is 13.4. The van der Waals surface area contributed by atoms with Crippen molar-refractivity contribution >= 4 is 33.4 Å². The van der Waals surface area contributed by atoms with Crippen LogP contribution in [0.15, 0.2) is 18.2 Å². The van der Waals surface area contributed by atoms with E-state index in [1.165, 1.54) is 12.1 Å². The molecule has 2 nitrogen and oxygen atoms in total. The summed E-state index contributed by atoms with van der Waals surface area (Å²) in [5.74, 6) is -1.03. The van der Waals surface area contributed by atoms with Crippen molar-refractivity contribution in [2.45, 2.75) is 18.2 Å². The number of carbonyl (C=O) groups excluding carboxylic acids is 1. The third-order valence-corrected chi connectivity index (χ3v) is 3.31. The number of alkyl halides is 1. The quantitative estimate of drug-likeness (QED) is 0.849. The standard InChI is InChI=1S/C11H12BrClFNO/c1-2-7(12)6-15-11(16)9-4-3-8(13)5-10(9)14/h3-5,7H,2,6H2,1H3,(H,15,16). The van der Waals surface area contributed by atoms with Crippen LogP contribution in [-0.2, 0) is 0 Å². The molecule has 1 aromatic rings. The van der Waals surface area contributed by atoms with E-state index in [2.05, 4.69) is 21.2 Å². The summed E-state index contributed by atoms with van der Waals surface area (Å²) < 4.78 is 13.4. The van der Waals surface area contributed by atoms with Crippen molar-refractivity contribution in [3.8, 4) is 0 Å². The maximum Gasteiger partial charge on any atom is 0.254 e. The van der Waals surface area contributed by atoms with Crippen LogP contribution in [-0.4, -0.2) is 17.3 Å². The number of carbonyl (C=O) groups is 1. The van der Waals surface area contributed by atoms with Gasteiger partial charge in [0.05, 0.1) is 5.56 Å². The summed E-state index contributed by atoms with van der Waals surface area (Å²) in [5, 5.41) is 2.92. The van der Waals surface area contributed by atoms with Gasteiger partial charge in [0.1, 0.15) is 5.82 Å². The van der Waals surface area contributed by atoms with E-state index in [-0.39, 0.29) is 15.4 Å². The van der Waals surface area contributed by atoms with Crippen molar-refractivity contribution < 1.29 is 9.18 Å². The summed E-state index contributed by atoms with van der Waals surface area (Å²) in [6.45, 7) is 2.46. The molecule has 0 radical (unpaired) electrons. The molecule has 16 heavy (non-hydrogen) atoms. The van der Waals surface area contributed by atoms with Crippen molar-refractivity contribution in [3.63, 3.8) is 0 Å². The molecule has 1 rings (SSSR count). The lowest BCUT2D eigenvalue weighted by atomic mass is 10.2. The summed E-state index contributed by atoms with van der Waals surface area (Å²) in [5.41, 5.74) is 0.0141. The Balaban J connectivity index is 2.66. The Bertz CT molecular complexity index is 386. The zero-order valence-corrected chi connectivity index (χ0v) is 11.1. The van der Waals surface area contributed by atoms with E-state index >= 15 is 0 Å². The number of benzene rings is 1. The predicted octanol–water partition coefficient (Wildman–Crippen LogP) is 3.38. The van der Waals surface area contributed by atoms with Crippen molar-refractivity contribution in [1.82, 2.24) is 5.32 Å². The zero-order valence-electron chi connectivity index (χ0n) is 8.77. The highest BCUT2D eigenvalue weighted by Crippen LogP contribution is 2.14. The van der Waals surface area contributed by atoms with Crippen LogP contribution in [0.1, 0.15) is 23.7 Å². The van der Waals surface area contributed by atoms with Gasteiger partial charge in [-0.05, 0) is 24.6 Å². The molecule has 0 heterocycles. The van der Waals surface area contributed by atoms with Gasteiger partial charge in [0.2, 0.25) is 0 Å². The second-order valence-electron chi connectivity index (χ2n) is 3.34. The lowest BCUT2D eigenvalue weighted by Gasteiger charge is -2.09. The molecule has 1 unspecified atom stereocenters. The first kappa shape index (κ1) is 13.5. The van der Waals surface area contributed by atoms with E-state index in [0.29, 0.717) is 6.54 Å². The van der Waals surface area contributed by atoms with Crippen molar-refractivity contribution in [1.29, 1.82) is 0 Å².